The van der Waals surface area contributed by atoms with Gasteiger partial charge in [0.05, 0.1) is 11.8 Å². The van der Waals surface area contributed by atoms with E-state index in [1.807, 2.05) is 16.9 Å². The molecule has 1 heterocycles. The van der Waals surface area contributed by atoms with Crippen LogP contribution in [0.5, 0.6) is 0 Å². The maximum absolute atomic E-state index is 12.2. The Balaban J connectivity index is 2.09. The Kier molecular flexibility index (Phi) is 4.15. The van der Waals surface area contributed by atoms with Crippen molar-refractivity contribution in [2.45, 2.75) is 40.2 Å². The van der Waals surface area contributed by atoms with Crippen molar-refractivity contribution in [1.29, 1.82) is 0 Å². The van der Waals surface area contributed by atoms with Crippen molar-refractivity contribution >= 4 is 5.78 Å². The van der Waals surface area contributed by atoms with Crippen molar-refractivity contribution in [2.24, 2.45) is 0 Å². The normalized spacial score (nSPS) is 10.7. The van der Waals surface area contributed by atoms with E-state index in [0.29, 0.717) is 12.0 Å². The third kappa shape index (κ3) is 3.31. The fourth-order valence-electron chi connectivity index (χ4n) is 2.06. The number of Topliss-reactive ketones (excluding diaryl/α,β-unsaturated/α-hetero) is 1. The number of carbonyl (C=O) groups is 1. The first-order valence-electron chi connectivity index (χ1n) is 6.72. The molecule has 0 saturated heterocycles. The van der Waals surface area contributed by atoms with E-state index in [1.54, 1.807) is 6.20 Å². The van der Waals surface area contributed by atoms with Crippen molar-refractivity contribution in [3.63, 3.8) is 0 Å². The van der Waals surface area contributed by atoms with Gasteiger partial charge in [-0.2, -0.15) is 5.10 Å². The number of nitrogens with zero attached hydrogens (tertiary/aromatic N) is 2. The molecule has 0 saturated carbocycles. The molecule has 3 nitrogen and oxygen atoms in total. The lowest BCUT2D eigenvalue weighted by atomic mass is 10.0. The van der Waals surface area contributed by atoms with Crippen LogP contribution < -0.4 is 0 Å². The van der Waals surface area contributed by atoms with Crippen LogP contribution in [0.2, 0.25) is 0 Å². The summed E-state index contributed by atoms with van der Waals surface area (Å²) in [5.74, 6) is 0.130. The third-order valence-electron chi connectivity index (χ3n) is 3.34. The van der Waals surface area contributed by atoms with Crippen molar-refractivity contribution in [3.8, 4) is 0 Å². The molecule has 1 aromatic carbocycles. The SMILES string of the molecule is CCCn1cc(C(=O)Cc2ccc(C)c(C)c2)cn1. The Morgan fingerprint density at radius 2 is 2.05 bits per heavy atom. The number of aromatic nitrogens is 2. The lowest BCUT2D eigenvalue weighted by Gasteiger charge is -2.04. The lowest BCUT2D eigenvalue weighted by Crippen LogP contribution is -2.03. The zero-order chi connectivity index (χ0) is 13.8. The fraction of sp³-hybridized carbons (Fsp3) is 0.375. The van der Waals surface area contributed by atoms with Crippen LogP contribution in [0.25, 0.3) is 0 Å². The number of hydrogen-bond acceptors (Lipinski definition) is 2. The first-order valence-corrected chi connectivity index (χ1v) is 6.72. The second-order valence-corrected chi connectivity index (χ2v) is 5.01. The summed E-state index contributed by atoms with van der Waals surface area (Å²) in [5, 5.41) is 4.20. The predicted molar refractivity (Wildman–Crippen MR) is 76.5 cm³/mol. The number of ketones is 1. The van der Waals surface area contributed by atoms with E-state index in [2.05, 4.69) is 38.0 Å². The lowest BCUT2D eigenvalue weighted by molar-refractivity contribution is 0.0993. The van der Waals surface area contributed by atoms with Crippen LogP contribution in [0.15, 0.2) is 30.6 Å². The van der Waals surface area contributed by atoms with Crippen LogP contribution >= 0.6 is 0 Å². The molecule has 0 amide bonds. The molecule has 0 atom stereocenters. The molecule has 0 bridgehead atoms. The van der Waals surface area contributed by atoms with Gasteiger partial charge < -0.3 is 0 Å². The highest BCUT2D eigenvalue weighted by Crippen LogP contribution is 2.12. The van der Waals surface area contributed by atoms with Crippen LogP contribution in [0, 0.1) is 13.8 Å². The summed E-state index contributed by atoms with van der Waals surface area (Å²) < 4.78 is 1.83. The fourth-order valence-corrected chi connectivity index (χ4v) is 2.06. The molecule has 100 valence electrons. The van der Waals surface area contributed by atoms with E-state index in [-0.39, 0.29) is 5.78 Å². The van der Waals surface area contributed by atoms with E-state index < -0.39 is 0 Å². The van der Waals surface area contributed by atoms with Gasteiger partial charge in [0.25, 0.3) is 0 Å². The quantitative estimate of drug-likeness (QED) is 0.769. The highest BCUT2D eigenvalue weighted by atomic mass is 16.1. The zero-order valence-electron chi connectivity index (χ0n) is 11.8. The van der Waals surface area contributed by atoms with E-state index in [9.17, 15) is 4.79 Å². The van der Waals surface area contributed by atoms with Crippen molar-refractivity contribution < 1.29 is 4.79 Å². The van der Waals surface area contributed by atoms with Crippen LogP contribution in [0.4, 0.5) is 0 Å². The van der Waals surface area contributed by atoms with Crippen molar-refractivity contribution in [1.82, 2.24) is 9.78 Å². The van der Waals surface area contributed by atoms with E-state index in [0.717, 1.165) is 18.5 Å². The highest BCUT2D eigenvalue weighted by molar-refractivity contribution is 5.97. The number of rotatable bonds is 5. The van der Waals surface area contributed by atoms with Gasteiger partial charge in [0.2, 0.25) is 0 Å². The summed E-state index contributed by atoms with van der Waals surface area (Å²) in [5.41, 5.74) is 4.25. The topological polar surface area (TPSA) is 34.9 Å². The third-order valence-corrected chi connectivity index (χ3v) is 3.34. The molecular weight excluding hydrogens is 236 g/mol. The number of benzene rings is 1. The second kappa shape index (κ2) is 5.83. The molecule has 0 aliphatic heterocycles. The second-order valence-electron chi connectivity index (χ2n) is 5.01. The van der Waals surface area contributed by atoms with Gasteiger partial charge in [-0.15, -0.1) is 0 Å². The van der Waals surface area contributed by atoms with Gasteiger partial charge in [0.1, 0.15) is 0 Å². The Morgan fingerprint density at radius 3 is 2.74 bits per heavy atom. The summed E-state index contributed by atoms with van der Waals surface area (Å²) in [6, 6.07) is 6.18. The Hall–Kier alpha value is -1.90. The first-order chi connectivity index (χ1) is 9.10. The summed E-state index contributed by atoms with van der Waals surface area (Å²) in [6.45, 7) is 7.10. The van der Waals surface area contributed by atoms with Crippen LogP contribution in [-0.4, -0.2) is 15.6 Å². The molecule has 0 aliphatic carbocycles. The average Bonchev–Trinajstić information content (AvgIpc) is 2.83. The van der Waals surface area contributed by atoms with Gasteiger partial charge in [0.15, 0.2) is 5.78 Å². The molecule has 19 heavy (non-hydrogen) atoms. The molecule has 2 rings (SSSR count). The maximum atomic E-state index is 12.2. The number of hydrogen-bond donors (Lipinski definition) is 0. The molecule has 2 aromatic rings. The molecule has 0 spiro atoms. The molecular formula is C16H20N2O. The first kappa shape index (κ1) is 13.5. The van der Waals surface area contributed by atoms with Gasteiger partial charge in [0, 0.05) is 19.2 Å². The monoisotopic (exact) mass is 256 g/mol. The summed E-state index contributed by atoms with van der Waals surface area (Å²) in [6.07, 6.45) is 4.97. The standard InChI is InChI=1S/C16H20N2O/c1-4-7-18-11-15(10-17-18)16(19)9-14-6-5-12(2)13(3)8-14/h5-6,8,10-11H,4,7,9H2,1-3H3. The predicted octanol–water partition coefficient (Wildman–Crippen LogP) is 3.34. The molecule has 3 heteroatoms. The smallest absolute Gasteiger partial charge is 0.170 e. The van der Waals surface area contributed by atoms with E-state index in [4.69, 9.17) is 0 Å². The Bertz CT molecular complexity index is 584. The summed E-state index contributed by atoms with van der Waals surface area (Å²) in [7, 11) is 0. The van der Waals surface area contributed by atoms with Crippen molar-refractivity contribution in [3.05, 3.63) is 52.8 Å². The van der Waals surface area contributed by atoms with Gasteiger partial charge in [-0.05, 0) is 37.0 Å². The summed E-state index contributed by atoms with van der Waals surface area (Å²) >= 11 is 0. The van der Waals surface area contributed by atoms with Crippen LogP contribution in [0.1, 0.15) is 40.4 Å². The van der Waals surface area contributed by atoms with Gasteiger partial charge >= 0.3 is 0 Å². The van der Waals surface area contributed by atoms with E-state index in [1.165, 1.54) is 11.1 Å². The van der Waals surface area contributed by atoms with E-state index >= 15 is 0 Å². The minimum Gasteiger partial charge on any atom is -0.294 e. The maximum Gasteiger partial charge on any atom is 0.170 e. The minimum atomic E-state index is 0.130. The highest BCUT2D eigenvalue weighted by Gasteiger charge is 2.10. The average molecular weight is 256 g/mol. The van der Waals surface area contributed by atoms with Crippen LogP contribution in [-0.2, 0) is 13.0 Å². The molecule has 1 aromatic heterocycles. The van der Waals surface area contributed by atoms with Crippen molar-refractivity contribution in [2.75, 3.05) is 0 Å². The van der Waals surface area contributed by atoms with Gasteiger partial charge in [-0.1, -0.05) is 25.1 Å². The van der Waals surface area contributed by atoms with Crippen LogP contribution in [0.3, 0.4) is 0 Å². The minimum absolute atomic E-state index is 0.130. The molecule has 0 radical (unpaired) electrons. The summed E-state index contributed by atoms with van der Waals surface area (Å²) in [4.78, 5) is 12.2. The van der Waals surface area contributed by atoms with Gasteiger partial charge in [-0.3, -0.25) is 9.48 Å². The molecule has 0 unspecified atom stereocenters. The number of carbonyl (C=O) groups excluding carboxylic acids is 1. The number of aryl methyl sites for hydroxylation is 3. The Morgan fingerprint density at radius 1 is 1.26 bits per heavy atom. The molecule has 0 N–H and O–H groups in total. The molecule has 0 fully saturated rings. The zero-order valence-corrected chi connectivity index (χ0v) is 11.8. The molecule has 0 aliphatic rings. The Labute approximate surface area is 114 Å². The van der Waals surface area contributed by atoms with Gasteiger partial charge in [-0.25, -0.2) is 0 Å². The largest absolute Gasteiger partial charge is 0.294 e.